The van der Waals surface area contributed by atoms with Crippen molar-refractivity contribution in [1.29, 1.82) is 0 Å². The Morgan fingerprint density at radius 1 is 1.13 bits per heavy atom. The molecule has 1 heterocycles. The van der Waals surface area contributed by atoms with Crippen LogP contribution in [-0.2, 0) is 6.54 Å². The van der Waals surface area contributed by atoms with E-state index in [1.165, 1.54) is 0 Å². The van der Waals surface area contributed by atoms with Gasteiger partial charge in [0.15, 0.2) is 0 Å². The van der Waals surface area contributed by atoms with Gasteiger partial charge in [0.05, 0.1) is 5.69 Å². The van der Waals surface area contributed by atoms with Crippen molar-refractivity contribution < 1.29 is 0 Å². The van der Waals surface area contributed by atoms with Gasteiger partial charge in [-0.15, -0.1) is 0 Å². The summed E-state index contributed by atoms with van der Waals surface area (Å²) in [5, 5.41) is 0.260. The zero-order valence-electron chi connectivity index (χ0n) is 8.02. The van der Waals surface area contributed by atoms with Gasteiger partial charge in [0, 0.05) is 18.3 Å². The minimum atomic E-state index is 0.260. The zero-order chi connectivity index (χ0) is 10.7. The molecule has 0 aliphatic rings. The third-order valence-electron chi connectivity index (χ3n) is 2.11. The maximum Gasteiger partial charge on any atom is 0.222 e. The molecule has 0 fully saturated rings. The highest BCUT2D eigenvalue weighted by Crippen LogP contribution is 2.17. The number of nitrogens with zero attached hydrogens (tertiary/aromatic N) is 2. The van der Waals surface area contributed by atoms with E-state index in [9.17, 15) is 0 Å². The lowest BCUT2D eigenvalue weighted by Crippen LogP contribution is -1.95. The average molecular weight is 220 g/mol. The van der Waals surface area contributed by atoms with Crippen LogP contribution in [0.4, 0.5) is 0 Å². The average Bonchev–Trinajstić information content (AvgIpc) is 2.29. The number of nitrogens with two attached hydrogens (primary N) is 1. The molecular formula is C11H10ClN3. The third-order valence-corrected chi connectivity index (χ3v) is 2.29. The highest BCUT2D eigenvalue weighted by Gasteiger charge is 2.00. The van der Waals surface area contributed by atoms with E-state index in [2.05, 4.69) is 9.97 Å². The molecule has 1 aromatic carbocycles. The van der Waals surface area contributed by atoms with Gasteiger partial charge in [-0.2, -0.15) is 0 Å². The third kappa shape index (κ3) is 2.32. The second-order valence-corrected chi connectivity index (χ2v) is 3.45. The van der Waals surface area contributed by atoms with Crippen molar-refractivity contribution in [3.8, 4) is 11.3 Å². The highest BCUT2D eigenvalue weighted by molar-refractivity contribution is 6.28. The molecule has 3 nitrogen and oxygen atoms in total. The Morgan fingerprint density at radius 2 is 1.87 bits per heavy atom. The number of hydrogen-bond donors (Lipinski definition) is 1. The Kier molecular flexibility index (Phi) is 2.94. The first-order chi connectivity index (χ1) is 7.29. The van der Waals surface area contributed by atoms with Crippen LogP contribution in [0.3, 0.4) is 0 Å². The first-order valence-corrected chi connectivity index (χ1v) is 4.95. The Balaban J connectivity index is 2.37. The number of benzene rings is 1. The summed E-state index contributed by atoms with van der Waals surface area (Å²) < 4.78 is 0. The molecule has 0 amide bonds. The van der Waals surface area contributed by atoms with Gasteiger partial charge in [-0.1, -0.05) is 24.3 Å². The first kappa shape index (κ1) is 10.1. The Hall–Kier alpha value is -1.45. The number of halogens is 1. The van der Waals surface area contributed by atoms with Gasteiger partial charge in [0.25, 0.3) is 0 Å². The smallest absolute Gasteiger partial charge is 0.222 e. The van der Waals surface area contributed by atoms with Crippen molar-refractivity contribution in [1.82, 2.24) is 9.97 Å². The SMILES string of the molecule is NCc1ccc(-c2ccnc(Cl)n2)cc1. The number of aromatic nitrogens is 2. The van der Waals surface area contributed by atoms with Crippen LogP contribution in [0.15, 0.2) is 36.5 Å². The van der Waals surface area contributed by atoms with Gasteiger partial charge in [-0.25, -0.2) is 9.97 Å². The van der Waals surface area contributed by atoms with Crippen molar-refractivity contribution in [2.75, 3.05) is 0 Å². The van der Waals surface area contributed by atoms with E-state index in [1.54, 1.807) is 6.20 Å². The molecule has 0 unspecified atom stereocenters. The van der Waals surface area contributed by atoms with Crippen molar-refractivity contribution in [2.45, 2.75) is 6.54 Å². The molecule has 0 saturated heterocycles. The van der Waals surface area contributed by atoms with Crippen molar-refractivity contribution in [3.63, 3.8) is 0 Å². The van der Waals surface area contributed by atoms with E-state index in [-0.39, 0.29) is 5.28 Å². The first-order valence-electron chi connectivity index (χ1n) is 4.57. The summed E-state index contributed by atoms with van der Waals surface area (Å²) in [6, 6.07) is 9.72. The molecule has 0 atom stereocenters. The van der Waals surface area contributed by atoms with Crippen molar-refractivity contribution in [3.05, 3.63) is 47.4 Å². The second-order valence-electron chi connectivity index (χ2n) is 3.11. The molecule has 2 aromatic rings. The van der Waals surface area contributed by atoms with Crippen molar-refractivity contribution >= 4 is 11.6 Å². The van der Waals surface area contributed by atoms with E-state index < -0.39 is 0 Å². The fourth-order valence-electron chi connectivity index (χ4n) is 1.31. The number of rotatable bonds is 2. The van der Waals surface area contributed by atoms with Gasteiger partial charge in [0.2, 0.25) is 5.28 Å². The maximum absolute atomic E-state index is 5.71. The monoisotopic (exact) mass is 219 g/mol. The summed E-state index contributed by atoms with van der Waals surface area (Å²) in [5.74, 6) is 0. The fraction of sp³-hybridized carbons (Fsp3) is 0.0909. The molecule has 4 heteroatoms. The highest BCUT2D eigenvalue weighted by atomic mass is 35.5. The normalized spacial score (nSPS) is 10.3. The lowest BCUT2D eigenvalue weighted by Gasteiger charge is -2.01. The lowest BCUT2D eigenvalue weighted by atomic mass is 10.1. The molecule has 0 radical (unpaired) electrons. The molecule has 2 rings (SSSR count). The summed E-state index contributed by atoms with van der Waals surface area (Å²) in [4.78, 5) is 7.96. The van der Waals surface area contributed by atoms with Crippen LogP contribution >= 0.6 is 11.6 Å². The van der Waals surface area contributed by atoms with Crippen LogP contribution in [0.2, 0.25) is 5.28 Å². The molecule has 0 aliphatic heterocycles. The lowest BCUT2D eigenvalue weighted by molar-refractivity contribution is 1.07. The fourth-order valence-corrected chi connectivity index (χ4v) is 1.45. The van der Waals surface area contributed by atoms with Gasteiger partial charge >= 0.3 is 0 Å². The molecule has 76 valence electrons. The van der Waals surface area contributed by atoms with E-state index in [1.807, 2.05) is 30.3 Å². The summed E-state index contributed by atoms with van der Waals surface area (Å²) in [5.41, 5.74) is 8.44. The van der Waals surface area contributed by atoms with E-state index in [4.69, 9.17) is 17.3 Å². The van der Waals surface area contributed by atoms with E-state index >= 15 is 0 Å². The Labute approximate surface area is 92.9 Å². The van der Waals surface area contributed by atoms with Gasteiger partial charge in [-0.05, 0) is 23.2 Å². The predicted molar refractivity (Wildman–Crippen MR) is 60.4 cm³/mol. The zero-order valence-corrected chi connectivity index (χ0v) is 8.78. The number of hydrogen-bond acceptors (Lipinski definition) is 3. The Morgan fingerprint density at radius 3 is 2.47 bits per heavy atom. The minimum Gasteiger partial charge on any atom is -0.326 e. The van der Waals surface area contributed by atoms with E-state index in [0.717, 1.165) is 16.8 Å². The summed E-state index contributed by atoms with van der Waals surface area (Å²) in [6.45, 7) is 0.546. The summed E-state index contributed by atoms with van der Waals surface area (Å²) in [6.07, 6.45) is 1.64. The molecule has 15 heavy (non-hydrogen) atoms. The van der Waals surface area contributed by atoms with Crippen LogP contribution in [0.25, 0.3) is 11.3 Å². The minimum absolute atomic E-state index is 0.260. The molecule has 0 spiro atoms. The van der Waals surface area contributed by atoms with Crippen LogP contribution in [0, 0.1) is 0 Å². The Bertz CT molecular complexity index is 454. The van der Waals surface area contributed by atoms with Gasteiger partial charge in [0.1, 0.15) is 0 Å². The summed E-state index contributed by atoms with van der Waals surface area (Å²) >= 11 is 5.71. The van der Waals surface area contributed by atoms with Crippen LogP contribution in [0.5, 0.6) is 0 Å². The van der Waals surface area contributed by atoms with Gasteiger partial charge < -0.3 is 5.73 Å². The molecule has 0 aliphatic carbocycles. The molecule has 1 aromatic heterocycles. The van der Waals surface area contributed by atoms with Crippen LogP contribution < -0.4 is 5.73 Å². The standard InChI is InChI=1S/C11H10ClN3/c12-11-14-6-5-10(15-11)9-3-1-8(7-13)2-4-9/h1-6H,7,13H2. The largest absolute Gasteiger partial charge is 0.326 e. The van der Waals surface area contributed by atoms with Crippen molar-refractivity contribution in [2.24, 2.45) is 5.73 Å². The quantitative estimate of drug-likeness (QED) is 0.789. The topological polar surface area (TPSA) is 51.8 Å². The maximum atomic E-state index is 5.71. The van der Waals surface area contributed by atoms with Crippen LogP contribution in [0.1, 0.15) is 5.56 Å². The molecule has 0 bridgehead atoms. The molecular weight excluding hydrogens is 210 g/mol. The second kappa shape index (κ2) is 4.38. The van der Waals surface area contributed by atoms with Gasteiger partial charge in [-0.3, -0.25) is 0 Å². The summed E-state index contributed by atoms with van der Waals surface area (Å²) in [7, 11) is 0. The predicted octanol–water partition coefficient (Wildman–Crippen LogP) is 2.26. The molecule has 0 saturated carbocycles. The van der Waals surface area contributed by atoms with Crippen LogP contribution in [-0.4, -0.2) is 9.97 Å². The van der Waals surface area contributed by atoms with E-state index in [0.29, 0.717) is 6.54 Å². The molecule has 2 N–H and O–H groups in total.